The Morgan fingerprint density at radius 3 is 2.38 bits per heavy atom. The van der Waals surface area contributed by atoms with Gasteiger partial charge in [0.15, 0.2) is 0 Å². The maximum atomic E-state index is 12.2. The number of rotatable bonds is 2. The summed E-state index contributed by atoms with van der Waals surface area (Å²) in [6.45, 7) is 0. The van der Waals surface area contributed by atoms with Gasteiger partial charge in [0.1, 0.15) is 17.1 Å². The molecule has 108 valence electrons. The zero-order chi connectivity index (χ0) is 14.8. The first kappa shape index (κ1) is 13.5. The number of benzene rings is 2. The van der Waals surface area contributed by atoms with Gasteiger partial charge >= 0.3 is 0 Å². The number of phenolic OH excluding ortho intramolecular Hbond substituents is 2. The average molecular weight is 283 g/mol. The van der Waals surface area contributed by atoms with Crippen molar-refractivity contribution in [1.82, 2.24) is 5.32 Å². The molecule has 2 aromatic carbocycles. The summed E-state index contributed by atoms with van der Waals surface area (Å²) < 4.78 is 0. The van der Waals surface area contributed by atoms with Crippen LogP contribution < -0.4 is 5.32 Å². The van der Waals surface area contributed by atoms with E-state index in [1.54, 1.807) is 0 Å². The van der Waals surface area contributed by atoms with Crippen LogP contribution in [0.25, 0.3) is 0 Å². The molecule has 1 unspecified atom stereocenters. The van der Waals surface area contributed by atoms with Gasteiger partial charge in [-0.25, -0.2) is 0 Å². The van der Waals surface area contributed by atoms with Crippen LogP contribution in [0.15, 0.2) is 42.5 Å². The first-order chi connectivity index (χ1) is 10.1. The molecule has 21 heavy (non-hydrogen) atoms. The Balaban J connectivity index is 1.75. The molecule has 1 amide bonds. The monoisotopic (exact) mass is 283 g/mol. The summed E-state index contributed by atoms with van der Waals surface area (Å²) in [6, 6.07) is 12.5. The van der Waals surface area contributed by atoms with Crippen molar-refractivity contribution in [3.8, 4) is 11.5 Å². The lowest BCUT2D eigenvalue weighted by molar-refractivity contribution is 0.0928. The fraction of sp³-hybridized carbons (Fsp3) is 0.235. The Hall–Kier alpha value is -2.49. The summed E-state index contributed by atoms with van der Waals surface area (Å²) in [5.41, 5.74) is 2.51. The average Bonchev–Trinajstić information content (AvgIpc) is 2.47. The predicted molar refractivity (Wildman–Crippen MR) is 79.5 cm³/mol. The minimum Gasteiger partial charge on any atom is -0.507 e. The van der Waals surface area contributed by atoms with Crippen LogP contribution in [0, 0.1) is 0 Å². The van der Waals surface area contributed by atoms with Gasteiger partial charge in [0.2, 0.25) is 0 Å². The van der Waals surface area contributed by atoms with E-state index < -0.39 is 5.91 Å². The summed E-state index contributed by atoms with van der Waals surface area (Å²) in [7, 11) is 0. The van der Waals surface area contributed by atoms with Crippen molar-refractivity contribution in [2.45, 2.75) is 25.3 Å². The highest BCUT2D eigenvalue weighted by Crippen LogP contribution is 2.27. The molecular formula is C17H17NO3. The molecule has 1 atom stereocenters. The maximum Gasteiger partial charge on any atom is 0.259 e. The van der Waals surface area contributed by atoms with Crippen LogP contribution in [0.3, 0.4) is 0 Å². The van der Waals surface area contributed by atoms with E-state index in [9.17, 15) is 15.0 Å². The molecule has 4 nitrogen and oxygen atoms in total. The lowest BCUT2D eigenvalue weighted by atomic mass is 9.88. The first-order valence-electron chi connectivity index (χ1n) is 7.03. The van der Waals surface area contributed by atoms with E-state index in [0.717, 1.165) is 19.3 Å². The van der Waals surface area contributed by atoms with Crippen molar-refractivity contribution in [3.05, 3.63) is 59.2 Å². The van der Waals surface area contributed by atoms with Crippen LogP contribution in [-0.2, 0) is 12.8 Å². The highest BCUT2D eigenvalue weighted by Gasteiger charge is 2.23. The third-order valence-corrected chi connectivity index (χ3v) is 3.93. The number of carbonyl (C=O) groups excluding carboxylic acids is 1. The van der Waals surface area contributed by atoms with Gasteiger partial charge in [-0.2, -0.15) is 0 Å². The summed E-state index contributed by atoms with van der Waals surface area (Å²) in [5, 5.41) is 22.4. The number of fused-ring (bicyclic) bond motifs is 1. The Labute approximate surface area is 123 Å². The topological polar surface area (TPSA) is 69.6 Å². The molecule has 3 N–H and O–H groups in total. The van der Waals surface area contributed by atoms with E-state index >= 15 is 0 Å². The van der Waals surface area contributed by atoms with E-state index in [-0.39, 0.29) is 23.1 Å². The minimum atomic E-state index is -0.435. The van der Waals surface area contributed by atoms with Crippen LogP contribution in [0.1, 0.15) is 27.9 Å². The third-order valence-electron chi connectivity index (χ3n) is 3.93. The van der Waals surface area contributed by atoms with Gasteiger partial charge in [0, 0.05) is 6.04 Å². The van der Waals surface area contributed by atoms with Crippen LogP contribution >= 0.6 is 0 Å². The standard InChI is InChI=1S/C17H17NO3/c19-14-6-3-7-15(20)16(14)17(21)18-13-9-8-11-4-1-2-5-12(11)10-13/h1-7,13,19-20H,8-10H2,(H,18,21). The highest BCUT2D eigenvalue weighted by molar-refractivity contribution is 5.99. The molecule has 2 aromatic rings. The number of phenols is 2. The fourth-order valence-corrected chi connectivity index (χ4v) is 2.84. The van der Waals surface area contributed by atoms with Crippen LogP contribution in [0.2, 0.25) is 0 Å². The van der Waals surface area contributed by atoms with Gasteiger partial charge in [-0.1, -0.05) is 30.3 Å². The second-order valence-electron chi connectivity index (χ2n) is 5.35. The number of hydrogen-bond acceptors (Lipinski definition) is 3. The molecule has 0 heterocycles. The largest absolute Gasteiger partial charge is 0.507 e. The molecule has 1 aliphatic carbocycles. The van der Waals surface area contributed by atoms with Gasteiger partial charge in [-0.15, -0.1) is 0 Å². The SMILES string of the molecule is O=C(NC1CCc2ccccc2C1)c1c(O)cccc1O. The van der Waals surface area contributed by atoms with Crippen molar-refractivity contribution in [1.29, 1.82) is 0 Å². The fourth-order valence-electron chi connectivity index (χ4n) is 2.84. The first-order valence-corrected chi connectivity index (χ1v) is 7.03. The van der Waals surface area contributed by atoms with Crippen LogP contribution in [0.4, 0.5) is 0 Å². The lowest BCUT2D eigenvalue weighted by Gasteiger charge is -2.25. The molecule has 0 fully saturated rings. The Kier molecular flexibility index (Phi) is 3.52. The second kappa shape index (κ2) is 5.48. The number of aryl methyl sites for hydroxylation is 1. The lowest BCUT2D eigenvalue weighted by Crippen LogP contribution is -2.38. The predicted octanol–water partition coefficient (Wildman–Crippen LogP) is 2.39. The zero-order valence-electron chi connectivity index (χ0n) is 11.5. The summed E-state index contributed by atoms with van der Waals surface area (Å²) >= 11 is 0. The zero-order valence-corrected chi connectivity index (χ0v) is 11.5. The number of hydrogen-bond donors (Lipinski definition) is 3. The minimum absolute atomic E-state index is 0.0198. The molecule has 0 aliphatic heterocycles. The summed E-state index contributed by atoms with van der Waals surface area (Å²) in [5.74, 6) is -0.845. The van der Waals surface area contributed by atoms with E-state index in [1.807, 2.05) is 12.1 Å². The Morgan fingerprint density at radius 2 is 1.67 bits per heavy atom. The van der Waals surface area contributed by atoms with E-state index in [1.165, 1.54) is 29.3 Å². The number of aromatic hydroxyl groups is 2. The number of amides is 1. The maximum absolute atomic E-state index is 12.2. The summed E-state index contributed by atoms with van der Waals surface area (Å²) in [6.07, 6.45) is 2.56. The van der Waals surface area contributed by atoms with Gasteiger partial charge < -0.3 is 15.5 Å². The highest BCUT2D eigenvalue weighted by atomic mass is 16.3. The van der Waals surface area contributed by atoms with Crippen molar-refractivity contribution in [3.63, 3.8) is 0 Å². The molecule has 0 spiro atoms. The van der Waals surface area contributed by atoms with Crippen molar-refractivity contribution in [2.24, 2.45) is 0 Å². The Bertz CT molecular complexity index is 661. The van der Waals surface area contributed by atoms with Crippen LogP contribution in [-0.4, -0.2) is 22.2 Å². The molecule has 3 rings (SSSR count). The Morgan fingerprint density at radius 1 is 1.00 bits per heavy atom. The van der Waals surface area contributed by atoms with Gasteiger partial charge in [0.25, 0.3) is 5.91 Å². The van der Waals surface area contributed by atoms with Gasteiger partial charge in [-0.05, 0) is 42.5 Å². The summed E-state index contributed by atoms with van der Waals surface area (Å²) in [4.78, 5) is 12.2. The van der Waals surface area contributed by atoms with E-state index in [4.69, 9.17) is 0 Å². The third kappa shape index (κ3) is 2.70. The van der Waals surface area contributed by atoms with E-state index in [2.05, 4.69) is 17.4 Å². The van der Waals surface area contributed by atoms with Crippen molar-refractivity contribution >= 4 is 5.91 Å². The molecular weight excluding hydrogens is 266 g/mol. The quantitative estimate of drug-likeness (QED) is 0.792. The van der Waals surface area contributed by atoms with Crippen molar-refractivity contribution in [2.75, 3.05) is 0 Å². The van der Waals surface area contributed by atoms with Crippen LogP contribution in [0.5, 0.6) is 11.5 Å². The molecule has 0 saturated heterocycles. The molecule has 0 radical (unpaired) electrons. The molecule has 0 bridgehead atoms. The number of nitrogens with one attached hydrogen (secondary N) is 1. The molecule has 1 aliphatic rings. The molecule has 0 aromatic heterocycles. The van der Waals surface area contributed by atoms with Gasteiger partial charge in [-0.3, -0.25) is 4.79 Å². The normalized spacial score (nSPS) is 17.0. The van der Waals surface area contributed by atoms with Crippen molar-refractivity contribution < 1.29 is 15.0 Å². The second-order valence-corrected chi connectivity index (χ2v) is 5.35. The number of carbonyl (C=O) groups is 1. The van der Waals surface area contributed by atoms with Gasteiger partial charge in [0.05, 0.1) is 0 Å². The molecule has 4 heteroatoms. The molecule has 0 saturated carbocycles. The smallest absolute Gasteiger partial charge is 0.259 e. The van der Waals surface area contributed by atoms with E-state index in [0.29, 0.717) is 0 Å².